The van der Waals surface area contributed by atoms with Crippen LogP contribution in [0, 0.1) is 10.1 Å². The smallest absolute Gasteiger partial charge is 0.274 e. The Labute approximate surface area is 111 Å². The van der Waals surface area contributed by atoms with Crippen molar-refractivity contribution < 1.29 is 4.92 Å². The third-order valence-electron chi connectivity index (χ3n) is 3.31. The van der Waals surface area contributed by atoms with Crippen LogP contribution in [0.1, 0.15) is 25.7 Å². The maximum Gasteiger partial charge on any atom is 0.274 e. The third kappa shape index (κ3) is 3.35. The summed E-state index contributed by atoms with van der Waals surface area (Å²) in [5.41, 5.74) is 0.0882. The quantitative estimate of drug-likeness (QED) is 0.670. The molecule has 0 atom stereocenters. The average molecular weight is 267 g/mol. The molecule has 0 saturated heterocycles. The lowest BCUT2D eigenvalue weighted by Crippen LogP contribution is -2.27. The number of hydrogen-bond donors (Lipinski definition) is 1. The molecule has 0 unspecified atom stereocenters. The van der Waals surface area contributed by atoms with Gasteiger partial charge in [0.1, 0.15) is 5.82 Å². The Balaban J connectivity index is 1.94. The molecule has 98 valence electrons. The predicted octanol–water partition coefficient (Wildman–Crippen LogP) is 3.08. The van der Waals surface area contributed by atoms with Gasteiger partial charge in [0.25, 0.3) is 5.69 Å². The van der Waals surface area contributed by atoms with Crippen molar-refractivity contribution in [3.05, 3.63) is 28.4 Å². The summed E-state index contributed by atoms with van der Waals surface area (Å²) in [5, 5.41) is 14.7. The SMILES string of the molecule is CSC1CCC(Nc2cc([N+](=O)[O-])ccn2)CC1. The highest BCUT2D eigenvalue weighted by molar-refractivity contribution is 7.99. The first-order valence-electron chi connectivity index (χ1n) is 6.09. The maximum absolute atomic E-state index is 10.7. The molecule has 1 fully saturated rings. The average Bonchev–Trinajstić information content (AvgIpc) is 2.40. The monoisotopic (exact) mass is 267 g/mol. The van der Waals surface area contributed by atoms with Crippen LogP contribution in [0.25, 0.3) is 0 Å². The van der Waals surface area contributed by atoms with E-state index in [2.05, 4.69) is 16.6 Å². The first kappa shape index (κ1) is 13.1. The predicted molar refractivity (Wildman–Crippen MR) is 74.1 cm³/mol. The van der Waals surface area contributed by atoms with Gasteiger partial charge in [-0.25, -0.2) is 4.98 Å². The molecule has 1 aromatic rings. The minimum atomic E-state index is -0.391. The lowest BCUT2D eigenvalue weighted by molar-refractivity contribution is -0.384. The number of nitro groups is 1. The number of hydrogen-bond acceptors (Lipinski definition) is 5. The molecular weight excluding hydrogens is 250 g/mol. The zero-order chi connectivity index (χ0) is 13.0. The molecule has 18 heavy (non-hydrogen) atoms. The van der Waals surface area contributed by atoms with E-state index in [1.807, 2.05) is 11.8 Å². The van der Waals surface area contributed by atoms with Crippen LogP contribution in [0.4, 0.5) is 11.5 Å². The van der Waals surface area contributed by atoms with Gasteiger partial charge in [-0.1, -0.05) is 0 Å². The van der Waals surface area contributed by atoms with Gasteiger partial charge < -0.3 is 5.32 Å². The van der Waals surface area contributed by atoms with Crippen molar-refractivity contribution in [2.24, 2.45) is 0 Å². The van der Waals surface area contributed by atoms with Gasteiger partial charge in [0, 0.05) is 23.6 Å². The first-order chi connectivity index (χ1) is 8.69. The van der Waals surface area contributed by atoms with Gasteiger partial charge in [0.05, 0.1) is 11.0 Å². The van der Waals surface area contributed by atoms with Crippen LogP contribution < -0.4 is 5.32 Å². The molecule has 1 N–H and O–H groups in total. The highest BCUT2D eigenvalue weighted by Crippen LogP contribution is 2.28. The fraction of sp³-hybridized carbons (Fsp3) is 0.583. The number of nitrogens with zero attached hydrogens (tertiary/aromatic N) is 2. The van der Waals surface area contributed by atoms with Crippen molar-refractivity contribution in [2.75, 3.05) is 11.6 Å². The highest BCUT2D eigenvalue weighted by Gasteiger charge is 2.20. The van der Waals surface area contributed by atoms with E-state index in [-0.39, 0.29) is 5.69 Å². The Hall–Kier alpha value is -1.30. The molecule has 0 aliphatic heterocycles. The topological polar surface area (TPSA) is 68.1 Å². The van der Waals surface area contributed by atoms with Gasteiger partial charge in [-0.15, -0.1) is 0 Å². The van der Waals surface area contributed by atoms with E-state index >= 15 is 0 Å². The molecule has 5 nitrogen and oxygen atoms in total. The zero-order valence-corrected chi connectivity index (χ0v) is 11.2. The van der Waals surface area contributed by atoms with Gasteiger partial charge in [0.2, 0.25) is 0 Å². The van der Waals surface area contributed by atoms with E-state index in [9.17, 15) is 10.1 Å². The number of aromatic nitrogens is 1. The van der Waals surface area contributed by atoms with E-state index < -0.39 is 4.92 Å². The Morgan fingerprint density at radius 3 is 2.78 bits per heavy atom. The summed E-state index contributed by atoms with van der Waals surface area (Å²) in [5.74, 6) is 0.608. The number of rotatable bonds is 4. The van der Waals surface area contributed by atoms with Crippen molar-refractivity contribution in [2.45, 2.75) is 37.0 Å². The van der Waals surface area contributed by atoms with Crippen LogP contribution in [0.3, 0.4) is 0 Å². The van der Waals surface area contributed by atoms with Crippen molar-refractivity contribution in [1.82, 2.24) is 4.98 Å². The summed E-state index contributed by atoms with van der Waals surface area (Å²) >= 11 is 1.93. The van der Waals surface area contributed by atoms with E-state index in [1.165, 1.54) is 31.2 Å². The van der Waals surface area contributed by atoms with Crippen LogP contribution >= 0.6 is 11.8 Å². The molecule has 0 spiro atoms. The maximum atomic E-state index is 10.7. The van der Waals surface area contributed by atoms with Gasteiger partial charge >= 0.3 is 0 Å². The summed E-state index contributed by atoms with van der Waals surface area (Å²) in [7, 11) is 0. The van der Waals surface area contributed by atoms with Crippen LogP contribution in [-0.4, -0.2) is 27.5 Å². The Morgan fingerprint density at radius 1 is 1.44 bits per heavy atom. The molecule has 0 amide bonds. The molecule has 0 aromatic carbocycles. The van der Waals surface area contributed by atoms with E-state index in [0.717, 1.165) is 18.1 Å². The summed E-state index contributed by atoms with van der Waals surface area (Å²) in [6, 6.07) is 3.30. The van der Waals surface area contributed by atoms with Crippen LogP contribution in [0.5, 0.6) is 0 Å². The molecule has 1 aliphatic rings. The van der Waals surface area contributed by atoms with Gasteiger partial charge in [0.15, 0.2) is 0 Å². The highest BCUT2D eigenvalue weighted by atomic mass is 32.2. The Kier molecular flexibility index (Phi) is 4.41. The zero-order valence-electron chi connectivity index (χ0n) is 10.3. The van der Waals surface area contributed by atoms with Gasteiger partial charge in [-0.2, -0.15) is 11.8 Å². The molecule has 0 bridgehead atoms. The second kappa shape index (κ2) is 6.04. The Bertz CT molecular complexity index is 420. The van der Waals surface area contributed by atoms with Crippen molar-refractivity contribution in [3.8, 4) is 0 Å². The molecule has 1 heterocycles. The van der Waals surface area contributed by atoms with E-state index in [1.54, 1.807) is 0 Å². The number of pyridine rings is 1. The standard InChI is InChI=1S/C12H17N3O2S/c1-18-11-4-2-9(3-5-11)14-12-8-10(15(16)17)6-7-13-12/h6-9,11H,2-5H2,1H3,(H,13,14). The van der Waals surface area contributed by atoms with Crippen molar-refractivity contribution >= 4 is 23.3 Å². The Morgan fingerprint density at radius 2 is 2.17 bits per heavy atom. The third-order valence-corrected chi connectivity index (χ3v) is 4.45. The minimum absolute atomic E-state index is 0.0882. The van der Waals surface area contributed by atoms with E-state index in [4.69, 9.17) is 0 Å². The molecule has 6 heteroatoms. The molecule has 1 aromatic heterocycles. The number of nitrogens with one attached hydrogen (secondary N) is 1. The summed E-state index contributed by atoms with van der Waals surface area (Å²) in [4.78, 5) is 14.4. The van der Waals surface area contributed by atoms with Crippen LogP contribution in [0.15, 0.2) is 18.3 Å². The molecule has 1 saturated carbocycles. The second-order valence-electron chi connectivity index (χ2n) is 4.51. The largest absolute Gasteiger partial charge is 0.367 e. The molecular formula is C12H17N3O2S. The van der Waals surface area contributed by atoms with Gasteiger partial charge in [-0.05, 0) is 31.9 Å². The first-order valence-corrected chi connectivity index (χ1v) is 7.37. The molecule has 1 aliphatic carbocycles. The second-order valence-corrected chi connectivity index (χ2v) is 5.65. The van der Waals surface area contributed by atoms with E-state index in [0.29, 0.717) is 11.9 Å². The molecule has 2 rings (SSSR count). The van der Waals surface area contributed by atoms with Crippen LogP contribution in [0.2, 0.25) is 0 Å². The fourth-order valence-electron chi connectivity index (χ4n) is 2.26. The lowest BCUT2D eigenvalue weighted by atomic mass is 9.95. The van der Waals surface area contributed by atoms with Gasteiger partial charge in [-0.3, -0.25) is 10.1 Å². The fourth-order valence-corrected chi connectivity index (χ4v) is 3.01. The summed E-state index contributed by atoms with van der Waals surface area (Å²) < 4.78 is 0. The minimum Gasteiger partial charge on any atom is -0.367 e. The normalized spacial score (nSPS) is 23.6. The summed E-state index contributed by atoms with van der Waals surface area (Å²) in [6.45, 7) is 0. The summed E-state index contributed by atoms with van der Waals surface area (Å²) in [6.07, 6.45) is 8.25. The van der Waals surface area contributed by atoms with Crippen LogP contribution in [-0.2, 0) is 0 Å². The van der Waals surface area contributed by atoms with Crippen molar-refractivity contribution in [1.29, 1.82) is 0 Å². The lowest BCUT2D eigenvalue weighted by Gasteiger charge is -2.28. The van der Waals surface area contributed by atoms with Crippen molar-refractivity contribution in [3.63, 3.8) is 0 Å². The number of anilines is 1. The molecule has 0 radical (unpaired) electrons. The number of thioether (sulfide) groups is 1.